The van der Waals surface area contributed by atoms with Crippen molar-refractivity contribution in [3.8, 4) is 17.2 Å². The molecule has 1 aromatic heterocycles. The van der Waals surface area contributed by atoms with Gasteiger partial charge in [0, 0.05) is 26.7 Å². The summed E-state index contributed by atoms with van der Waals surface area (Å²) in [5.41, 5.74) is 0.990. The quantitative estimate of drug-likeness (QED) is 0.839. The van der Waals surface area contributed by atoms with Crippen LogP contribution in [0.15, 0.2) is 24.5 Å². The lowest BCUT2D eigenvalue weighted by Gasteiger charge is -2.15. The molecule has 0 fully saturated rings. The number of anilines is 2. The molecule has 23 heavy (non-hydrogen) atoms. The Morgan fingerprint density at radius 1 is 0.957 bits per heavy atom. The Morgan fingerprint density at radius 3 is 2.13 bits per heavy atom. The lowest BCUT2D eigenvalue weighted by molar-refractivity contribution is 0.324. The summed E-state index contributed by atoms with van der Waals surface area (Å²) in [6.07, 6.45) is 1.53. The van der Waals surface area contributed by atoms with E-state index in [1.165, 1.54) is 6.33 Å². The van der Waals surface area contributed by atoms with Crippen molar-refractivity contribution in [3.05, 3.63) is 30.1 Å². The van der Waals surface area contributed by atoms with Crippen molar-refractivity contribution in [2.75, 3.05) is 45.6 Å². The Labute approximate surface area is 136 Å². The number of rotatable bonds is 7. The van der Waals surface area contributed by atoms with E-state index in [2.05, 4.69) is 15.3 Å². The van der Waals surface area contributed by atoms with Crippen molar-refractivity contribution in [2.45, 2.75) is 6.54 Å². The van der Waals surface area contributed by atoms with Crippen LogP contribution in [0.3, 0.4) is 0 Å². The first-order valence-electron chi connectivity index (χ1n) is 7.11. The summed E-state index contributed by atoms with van der Waals surface area (Å²) in [5.74, 6) is 3.42. The molecular formula is C16H22N4O3. The summed E-state index contributed by atoms with van der Waals surface area (Å²) in [4.78, 5) is 10.3. The highest BCUT2D eigenvalue weighted by molar-refractivity contribution is 5.55. The van der Waals surface area contributed by atoms with Gasteiger partial charge in [-0.05, 0) is 17.7 Å². The number of hydrogen-bond acceptors (Lipinski definition) is 7. The third-order valence-corrected chi connectivity index (χ3v) is 3.31. The van der Waals surface area contributed by atoms with Crippen molar-refractivity contribution in [2.24, 2.45) is 0 Å². The van der Waals surface area contributed by atoms with Gasteiger partial charge >= 0.3 is 0 Å². The second-order valence-electron chi connectivity index (χ2n) is 5.04. The fourth-order valence-electron chi connectivity index (χ4n) is 2.12. The Kier molecular flexibility index (Phi) is 5.46. The van der Waals surface area contributed by atoms with E-state index in [1.807, 2.05) is 37.2 Å². The van der Waals surface area contributed by atoms with Gasteiger partial charge in [-0.25, -0.2) is 9.97 Å². The number of benzene rings is 1. The van der Waals surface area contributed by atoms with Crippen LogP contribution >= 0.6 is 0 Å². The van der Waals surface area contributed by atoms with Gasteiger partial charge in [-0.15, -0.1) is 0 Å². The Hall–Kier alpha value is -2.70. The van der Waals surface area contributed by atoms with Gasteiger partial charge in [0.1, 0.15) is 18.0 Å². The molecule has 1 aromatic carbocycles. The summed E-state index contributed by atoms with van der Waals surface area (Å²) in [6.45, 7) is 0.570. The molecule has 7 nitrogen and oxygen atoms in total. The van der Waals surface area contributed by atoms with Crippen LogP contribution in [0.1, 0.15) is 5.56 Å². The van der Waals surface area contributed by atoms with Crippen molar-refractivity contribution < 1.29 is 14.2 Å². The first-order valence-corrected chi connectivity index (χ1v) is 7.11. The van der Waals surface area contributed by atoms with E-state index >= 15 is 0 Å². The zero-order chi connectivity index (χ0) is 16.8. The summed E-state index contributed by atoms with van der Waals surface area (Å²) in [5, 5.41) is 3.27. The average Bonchev–Trinajstić information content (AvgIpc) is 2.59. The summed E-state index contributed by atoms with van der Waals surface area (Å²) >= 11 is 0. The number of aromatic nitrogens is 2. The summed E-state index contributed by atoms with van der Waals surface area (Å²) < 4.78 is 16.0. The maximum Gasteiger partial charge on any atom is 0.203 e. The molecule has 0 saturated heterocycles. The zero-order valence-corrected chi connectivity index (χ0v) is 14.1. The van der Waals surface area contributed by atoms with E-state index < -0.39 is 0 Å². The second-order valence-corrected chi connectivity index (χ2v) is 5.04. The van der Waals surface area contributed by atoms with Crippen LogP contribution in [0.5, 0.6) is 17.2 Å². The topological polar surface area (TPSA) is 68.7 Å². The fraction of sp³-hybridized carbons (Fsp3) is 0.375. The van der Waals surface area contributed by atoms with Crippen LogP contribution in [-0.4, -0.2) is 45.4 Å². The standard InChI is InChI=1S/C16H22N4O3/c1-20(2)15-8-14(18-10-19-15)17-9-11-6-12(21-3)16(23-5)13(7-11)22-4/h6-8,10H,9H2,1-5H3,(H,17,18,19). The smallest absolute Gasteiger partial charge is 0.203 e. The Bertz CT molecular complexity index is 637. The van der Waals surface area contributed by atoms with E-state index in [0.717, 1.165) is 17.2 Å². The van der Waals surface area contributed by atoms with Gasteiger partial charge in [0.05, 0.1) is 21.3 Å². The monoisotopic (exact) mass is 318 g/mol. The number of nitrogens with one attached hydrogen (secondary N) is 1. The molecule has 0 unspecified atom stereocenters. The van der Waals surface area contributed by atoms with Crippen molar-refractivity contribution >= 4 is 11.6 Å². The molecule has 124 valence electrons. The summed E-state index contributed by atoms with van der Waals surface area (Å²) in [6, 6.07) is 5.70. The van der Waals surface area contributed by atoms with Gasteiger partial charge in [0.15, 0.2) is 11.5 Å². The predicted molar refractivity (Wildman–Crippen MR) is 89.8 cm³/mol. The van der Waals surface area contributed by atoms with Crippen LogP contribution < -0.4 is 24.4 Å². The molecule has 7 heteroatoms. The van der Waals surface area contributed by atoms with Gasteiger partial charge < -0.3 is 24.4 Å². The molecule has 0 aliphatic heterocycles. The Morgan fingerprint density at radius 2 is 1.61 bits per heavy atom. The number of hydrogen-bond donors (Lipinski definition) is 1. The SMILES string of the molecule is COc1cc(CNc2cc(N(C)C)ncn2)cc(OC)c1OC. The van der Waals surface area contributed by atoms with Crippen LogP contribution in [0, 0.1) is 0 Å². The summed E-state index contributed by atoms with van der Waals surface area (Å²) in [7, 11) is 8.66. The maximum atomic E-state index is 5.36. The highest BCUT2D eigenvalue weighted by atomic mass is 16.5. The molecule has 0 spiro atoms. The maximum absolute atomic E-state index is 5.36. The Balaban J connectivity index is 2.19. The molecule has 2 aromatic rings. The molecule has 0 bridgehead atoms. The molecule has 0 radical (unpaired) electrons. The lowest BCUT2D eigenvalue weighted by atomic mass is 10.1. The molecule has 0 atom stereocenters. The number of nitrogens with zero attached hydrogens (tertiary/aromatic N) is 3. The van der Waals surface area contributed by atoms with Crippen LogP contribution in [0.25, 0.3) is 0 Å². The lowest BCUT2D eigenvalue weighted by Crippen LogP contribution is -2.11. The van der Waals surface area contributed by atoms with Gasteiger partial charge in [-0.3, -0.25) is 0 Å². The van der Waals surface area contributed by atoms with E-state index in [1.54, 1.807) is 21.3 Å². The third-order valence-electron chi connectivity index (χ3n) is 3.31. The minimum Gasteiger partial charge on any atom is -0.493 e. The van der Waals surface area contributed by atoms with Crippen molar-refractivity contribution in [1.82, 2.24) is 9.97 Å². The second kappa shape index (κ2) is 7.53. The molecule has 0 aliphatic carbocycles. The van der Waals surface area contributed by atoms with Crippen LogP contribution in [-0.2, 0) is 6.54 Å². The molecule has 1 N–H and O–H groups in total. The predicted octanol–water partition coefficient (Wildman–Crippen LogP) is 2.18. The van der Waals surface area contributed by atoms with Gasteiger partial charge in [-0.1, -0.05) is 0 Å². The molecule has 0 amide bonds. The van der Waals surface area contributed by atoms with E-state index in [-0.39, 0.29) is 0 Å². The van der Waals surface area contributed by atoms with E-state index in [4.69, 9.17) is 14.2 Å². The van der Waals surface area contributed by atoms with E-state index in [9.17, 15) is 0 Å². The molecule has 0 aliphatic rings. The highest BCUT2D eigenvalue weighted by Crippen LogP contribution is 2.38. The van der Waals surface area contributed by atoms with Crippen LogP contribution in [0.4, 0.5) is 11.6 Å². The highest BCUT2D eigenvalue weighted by Gasteiger charge is 2.13. The first kappa shape index (κ1) is 16.7. The zero-order valence-electron chi connectivity index (χ0n) is 14.1. The molecule has 2 rings (SSSR count). The third kappa shape index (κ3) is 3.94. The van der Waals surface area contributed by atoms with Gasteiger partial charge in [0.25, 0.3) is 0 Å². The molecular weight excluding hydrogens is 296 g/mol. The molecule has 0 saturated carbocycles. The largest absolute Gasteiger partial charge is 0.493 e. The normalized spacial score (nSPS) is 10.1. The van der Waals surface area contributed by atoms with Gasteiger partial charge in [-0.2, -0.15) is 0 Å². The van der Waals surface area contributed by atoms with Crippen molar-refractivity contribution in [3.63, 3.8) is 0 Å². The van der Waals surface area contributed by atoms with Crippen molar-refractivity contribution in [1.29, 1.82) is 0 Å². The number of ether oxygens (including phenoxy) is 3. The number of methoxy groups -OCH3 is 3. The first-order chi connectivity index (χ1) is 11.1. The minimum atomic E-state index is 0.570. The van der Waals surface area contributed by atoms with Gasteiger partial charge in [0.2, 0.25) is 5.75 Å². The average molecular weight is 318 g/mol. The fourth-order valence-corrected chi connectivity index (χ4v) is 2.12. The van der Waals surface area contributed by atoms with Crippen LogP contribution in [0.2, 0.25) is 0 Å². The molecule has 1 heterocycles. The van der Waals surface area contributed by atoms with E-state index in [0.29, 0.717) is 23.8 Å². The minimum absolute atomic E-state index is 0.570.